The Hall–Kier alpha value is -1.40. The number of benzene rings is 2. The minimum Gasteiger partial charge on any atom is -0.868 e. The van der Waals surface area contributed by atoms with Crippen LogP contribution in [0.2, 0.25) is 0 Å². The van der Waals surface area contributed by atoms with E-state index in [4.69, 9.17) is 0 Å². The van der Waals surface area contributed by atoms with Gasteiger partial charge in [0.05, 0.1) is 0 Å². The quantitative estimate of drug-likeness (QED) is 0.292. The van der Waals surface area contributed by atoms with Crippen LogP contribution in [0, 0.1) is 58.2 Å². The van der Waals surface area contributed by atoms with Gasteiger partial charge in [-0.1, -0.05) is 0 Å². The van der Waals surface area contributed by atoms with Crippen LogP contribution >= 0.6 is 0 Å². The van der Waals surface area contributed by atoms with Crippen molar-refractivity contribution in [2.45, 2.75) is 0 Å². The van der Waals surface area contributed by atoms with Crippen molar-refractivity contribution in [2.24, 2.45) is 0 Å². The Morgan fingerprint density at radius 3 is 0.600 bits per heavy atom. The molecule has 0 saturated carbocycles. The zero-order chi connectivity index (χ0) is 18.9. The molecule has 0 bridgehead atoms. The molecule has 0 heterocycles. The van der Waals surface area contributed by atoms with Crippen molar-refractivity contribution in [3.8, 4) is 11.5 Å². The van der Waals surface area contributed by atoms with Gasteiger partial charge in [-0.3, -0.25) is 0 Å². The molecule has 13 heteroatoms. The molecule has 0 unspecified atom stereocenters. The van der Waals surface area contributed by atoms with E-state index in [2.05, 4.69) is 0 Å². The van der Waals surface area contributed by atoms with Gasteiger partial charge in [0.25, 0.3) is 0 Å². The van der Waals surface area contributed by atoms with E-state index in [0.717, 1.165) is 0 Å². The summed E-state index contributed by atoms with van der Waals surface area (Å²) < 4.78 is 121. The van der Waals surface area contributed by atoms with Gasteiger partial charge >= 0.3 is 37.7 Å². The third-order valence-corrected chi connectivity index (χ3v) is 2.34. The largest absolute Gasteiger partial charge is 2.00 e. The van der Waals surface area contributed by atoms with E-state index in [0.29, 0.717) is 0 Å². The maximum atomic E-state index is 12.1. The molecule has 0 aliphatic heterocycles. The predicted molar refractivity (Wildman–Crippen MR) is 57.1 cm³/mol. The normalized spacial score (nSPS) is 10.0. The van der Waals surface area contributed by atoms with Gasteiger partial charge in [-0.2, -0.15) is 0 Å². The number of rotatable bonds is 0. The summed E-state index contributed by atoms with van der Waals surface area (Å²) >= 11 is 0. The Labute approximate surface area is 161 Å². The molecule has 2 rings (SSSR count). The molecular weight excluding hydrogens is 406 g/mol. The predicted octanol–water partition coefficient (Wildman–Crippen LogP) is 2.53. The average molecular weight is 406 g/mol. The van der Waals surface area contributed by atoms with Crippen LogP contribution in [0.25, 0.3) is 0 Å². The van der Waals surface area contributed by atoms with E-state index in [1.54, 1.807) is 0 Å². The third-order valence-electron chi connectivity index (χ3n) is 2.34. The Balaban J connectivity index is 0.000000443. The fourth-order valence-electron chi connectivity index (χ4n) is 1.17. The first-order chi connectivity index (χ1) is 10.9. The molecular formula is C12CaF10O2. The Morgan fingerprint density at radius 2 is 0.440 bits per heavy atom. The van der Waals surface area contributed by atoms with Crippen molar-refractivity contribution in [3.05, 3.63) is 58.2 Å². The maximum absolute atomic E-state index is 12.1. The van der Waals surface area contributed by atoms with Crippen molar-refractivity contribution in [3.63, 3.8) is 0 Å². The van der Waals surface area contributed by atoms with E-state index in [1.807, 2.05) is 0 Å². The first-order valence-corrected chi connectivity index (χ1v) is 5.30. The van der Waals surface area contributed by atoms with Crippen molar-refractivity contribution in [1.29, 1.82) is 0 Å². The third kappa shape index (κ3) is 4.42. The van der Waals surface area contributed by atoms with Crippen molar-refractivity contribution in [1.82, 2.24) is 0 Å². The second-order valence-corrected chi connectivity index (χ2v) is 3.80. The molecule has 0 radical (unpaired) electrons. The summed E-state index contributed by atoms with van der Waals surface area (Å²) in [6.45, 7) is 0. The van der Waals surface area contributed by atoms with Crippen LogP contribution in [0.5, 0.6) is 11.5 Å². The number of halogens is 10. The fraction of sp³-hybridized carbons (Fsp3) is 0. The summed E-state index contributed by atoms with van der Waals surface area (Å²) in [6.07, 6.45) is 0. The summed E-state index contributed by atoms with van der Waals surface area (Å²) in [7, 11) is 0. The summed E-state index contributed by atoms with van der Waals surface area (Å²) in [6, 6.07) is 0. The fourth-order valence-corrected chi connectivity index (χ4v) is 1.17. The van der Waals surface area contributed by atoms with E-state index in [-0.39, 0.29) is 37.7 Å². The molecule has 2 nitrogen and oxygen atoms in total. The molecule has 0 fully saturated rings. The van der Waals surface area contributed by atoms with Gasteiger partial charge in [0, 0.05) is 0 Å². The number of hydrogen-bond donors (Lipinski definition) is 0. The van der Waals surface area contributed by atoms with Crippen molar-refractivity contribution in [2.75, 3.05) is 0 Å². The molecule has 0 aliphatic carbocycles. The van der Waals surface area contributed by atoms with Crippen LogP contribution in [0.1, 0.15) is 0 Å². The second kappa shape index (κ2) is 8.81. The van der Waals surface area contributed by atoms with Crippen LogP contribution in [0.15, 0.2) is 0 Å². The standard InChI is InChI=1S/2C6HF5O.Ca/c2*7-1-2(8)4(10)6(12)5(11)3(1)9;/h2*12H;/q;;+2/p-2. The van der Waals surface area contributed by atoms with Gasteiger partial charge in [-0.15, -0.1) is 0 Å². The van der Waals surface area contributed by atoms with E-state index in [1.165, 1.54) is 0 Å². The van der Waals surface area contributed by atoms with Crippen molar-refractivity contribution < 1.29 is 54.1 Å². The molecule has 0 saturated heterocycles. The monoisotopic (exact) mass is 406 g/mol. The molecule has 0 aliphatic rings. The summed E-state index contributed by atoms with van der Waals surface area (Å²) in [5, 5.41) is 20.3. The molecule has 132 valence electrons. The van der Waals surface area contributed by atoms with E-state index in [9.17, 15) is 54.1 Å². The van der Waals surface area contributed by atoms with Gasteiger partial charge in [-0.25, -0.2) is 43.9 Å². The maximum Gasteiger partial charge on any atom is 2.00 e. The van der Waals surface area contributed by atoms with Crippen LogP contribution < -0.4 is 10.2 Å². The average Bonchev–Trinajstić information content (AvgIpc) is 2.58. The number of hydrogen-bond acceptors (Lipinski definition) is 2. The molecule has 0 aromatic heterocycles. The Morgan fingerprint density at radius 1 is 0.320 bits per heavy atom. The smallest absolute Gasteiger partial charge is 0.868 e. The Kier molecular flexibility index (Phi) is 8.31. The molecule has 0 amide bonds. The summed E-state index contributed by atoms with van der Waals surface area (Å²) in [5.41, 5.74) is 0. The van der Waals surface area contributed by atoms with Crippen molar-refractivity contribution >= 4 is 37.7 Å². The molecule has 2 aromatic carbocycles. The molecule has 0 atom stereocenters. The van der Waals surface area contributed by atoms with Gasteiger partial charge in [0.1, 0.15) is 0 Å². The van der Waals surface area contributed by atoms with Crippen LogP contribution in [0.3, 0.4) is 0 Å². The van der Waals surface area contributed by atoms with Gasteiger partial charge in [0.15, 0.2) is 58.2 Å². The van der Waals surface area contributed by atoms with Gasteiger partial charge < -0.3 is 10.2 Å². The minimum atomic E-state index is -2.33. The minimum absolute atomic E-state index is 0. The van der Waals surface area contributed by atoms with Crippen LogP contribution in [-0.2, 0) is 0 Å². The topological polar surface area (TPSA) is 46.1 Å². The zero-order valence-electron chi connectivity index (χ0n) is 11.3. The SMILES string of the molecule is [Ca+2].[O-]c1c(F)c(F)c(F)c(F)c1F.[O-]c1c(F)c(F)c(F)c(F)c1F. The Bertz CT molecular complexity index is 534. The molecule has 0 spiro atoms. The summed E-state index contributed by atoms with van der Waals surface area (Å²) in [4.78, 5) is 0. The molecule has 0 N–H and O–H groups in total. The first kappa shape index (κ1) is 23.6. The second-order valence-electron chi connectivity index (χ2n) is 3.80. The first-order valence-electron chi connectivity index (χ1n) is 5.30. The van der Waals surface area contributed by atoms with Crippen LogP contribution in [-0.4, -0.2) is 37.7 Å². The van der Waals surface area contributed by atoms with E-state index >= 15 is 0 Å². The zero-order valence-corrected chi connectivity index (χ0v) is 13.5. The summed E-state index contributed by atoms with van der Waals surface area (Å²) in [5.74, 6) is -27.2. The van der Waals surface area contributed by atoms with E-state index < -0.39 is 69.7 Å². The van der Waals surface area contributed by atoms with Gasteiger partial charge in [0.2, 0.25) is 0 Å². The van der Waals surface area contributed by atoms with Crippen LogP contribution in [0.4, 0.5) is 43.9 Å². The molecule has 25 heavy (non-hydrogen) atoms. The van der Waals surface area contributed by atoms with Gasteiger partial charge in [-0.05, 0) is 11.5 Å². The molecule has 2 aromatic rings.